The zero-order chi connectivity index (χ0) is 19.2. The van der Waals surface area contributed by atoms with E-state index in [1.165, 1.54) is 7.11 Å². The van der Waals surface area contributed by atoms with Crippen molar-refractivity contribution in [3.05, 3.63) is 29.8 Å². The van der Waals surface area contributed by atoms with E-state index >= 15 is 0 Å². The Morgan fingerprint density at radius 3 is 2.63 bits per heavy atom. The van der Waals surface area contributed by atoms with Crippen LogP contribution in [0.15, 0.2) is 24.3 Å². The molecule has 2 aliphatic heterocycles. The van der Waals surface area contributed by atoms with Gasteiger partial charge in [-0.2, -0.15) is 0 Å². The summed E-state index contributed by atoms with van der Waals surface area (Å²) in [6.45, 7) is 8.51. The van der Waals surface area contributed by atoms with Gasteiger partial charge in [0.2, 0.25) is 0 Å². The smallest absolute Gasteiger partial charge is 0.314 e. The highest BCUT2D eigenvalue weighted by atomic mass is 16.5. The first-order chi connectivity index (χ1) is 12.9. The SMILES string of the molecule is COC(=O)[C@@]12CN(C(=O)c3cccc(N4CCOCC4)c3)C[C@@H]1C(C)(C)C2. The van der Waals surface area contributed by atoms with Gasteiger partial charge in [0.1, 0.15) is 0 Å². The molecule has 0 aromatic heterocycles. The lowest BCUT2D eigenvalue weighted by Crippen LogP contribution is -2.57. The molecule has 3 aliphatic rings. The molecule has 2 saturated heterocycles. The fourth-order valence-electron chi connectivity index (χ4n) is 5.37. The standard InChI is InChI=1S/C21H28N2O4/c1-20(2)13-21(19(25)26-3)14-23(12-17(20)21)18(24)15-5-4-6-16(11-15)22-7-9-27-10-8-22/h4-6,11,17H,7-10,12-14H2,1-3H3/t17-,21+/m1/s1. The first-order valence-corrected chi connectivity index (χ1v) is 9.68. The molecule has 146 valence electrons. The molecular formula is C21H28N2O4. The van der Waals surface area contributed by atoms with Gasteiger partial charge >= 0.3 is 5.97 Å². The van der Waals surface area contributed by atoms with E-state index in [0.717, 1.165) is 25.2 Å². The Balaban J connectivity index is 1.54. The molecule has 2 atom stereocenters. The van der Waals surface area contributed by atoms with Gasteiger partial charge in [-0.25, -0.2) is 0 Å². The second kappa shape index (κ2) is 6.51. The average molecular weight is 372 g/mol. The van der Waals surface area contributed by atoms with Crippen LogP contribution in [0.1, 0.15) is 30.6 Å². The highest BCUT2D eigenvalue weighted by molar-refractivity contribution is 5.96. The van der Waals surface area contributed by atoms with Crippen molar-refractivity contribution in [1.82, 2.24) is 4.90 Å². The molecular weight excluding hydrogens is 344 g/mol. The topological polar surface area (TPSA) is 59.1 Å². The summed E-state index contributed by atoms with van der Waals surface area (Å²) in [5, 5.41) is 0. The highest BCUT2D eigenvalue weighted by Crippen LogP contribution is 2.63. The minimum Gasteiger partial charge on any atom is -0.469 e. The molecule has 0 bridgehead atoms. The van der Waals surface area contributed by atoms with Crippen LogP contribution in [0, 0.1) is 16.7 Å². The van der Waals surface area contributed by atoms with Crippen LogP contribution < -0.4 is 4.90 Å². The zero-order valence-electron chi connectivity index (χ0n) is 16.4. The first-order valence-electron chi connectivity index (χ1n) is 9.68. The lowest BCUT2D eigenvalue weighted by atomic mass is 9.48. The molecule has 1 saturated carbocycles. The third-order valence-electron chi connectivity index (χ3n) is 6.61. The van der Waals surface area contributed by atoms with Crippen molar-refractivity contribution < 1.29 is 19.1 Å². The molecule has 1 aromatic carbocycles. The second-order valence-corrected chi connectivity index (χ2v) is 8.70. The van der Waals surface area contributed by atoms with Gasteiger partial charge in [0.25, 0.3) is 5.91 Å². The van der Waals surface area contributed by atoms with Crippen molar-refractivity contribution in [2.45, 2.75) is 20.3 Å². The molecule has 0 spiro atoms. The number of benzene rings is 1. The first kappa shape index (κ1) is 18.3. The number of ether oxygens (including phenoxy) is 2. The fourth-order valence-corrected chi connectivity index (χ4v) is 5.37. The summed E-state index contributed by atoms with van der Waals surface area (Å²) in [5.74, 6) is -0.0217. The summed E-state index contributed by atoms with van der Waals surface area (Å²) in [6.07, 6.45) is 0.773. The fraction of sp³-hybridized carbons (Fsp3) is 0.619. The zero-order valence-corrected chi connectivity index (χ0v) is 16.4. The summed E-state index contributed by atoms with van der Waals surface area (Å²) >= 11 is 0. The number of esters is 1. The van der Waals surface area contributed by atoms with Crippen LogP contribution in [0.5, 0.6) is 0 Å². The van der Waals surface area contributed by atoms with Crippen molar-refractivity contribution in [1.29, 1.82) is 0 Å². The van der Waals surface area contributed by atoms with Gasteiger partial charge in [-0.05, 0) is 36.0 Å². The van der Waals surface area contributed by atoms with Crippen LogP contribution in [0.4, 0.5) is 5.69 Å². The molecule has 0 N–H and O–H groups in total. The van der Waals surface area contributed by atoms with Crippen LogP contribution in [0.3, 0.4) is 0 Å². The van der Waals surface area contributed by atoms with Gasteiger partial charge in [-0.3, -0.25) is 9.59 Å². The second-order valence-electron chi connectivity index (χ2n) is 8.70. The van der Waals surface area contributed by atoms with Crippen LogP contribution >= 0.6 is 0 Å². The van der Waals surface area contributed by atoms with E-state index in [1.54, 1.807) is 0 Å². The minimum atomic E-state index is -0.532. The Morgan fingerprint density at radius 1 is 1.22 bits per heavy atom. The number of hydrogen-bond donors (Lipinski definition) is 0. The minimum absolute atomic E-state index is 0.00131. The number of carbonyl (C=O) groups is 2. The molecule has 1 aliphatic carbocycles. The third kappa shape index (κ3) is 2.90. The number of fused-ring (bicyclic) bond motifs is 1. The van der Waals surface area contributed by atoms with Gasteiger partial charge in [-0.15, -0.1) is 0 Å². The maximum atomic E-state index is 13.2. The molecule has 4 rings (SSSR count). The van der Waals surface area contributed by atoms with E-state index in [4.69, 9.17) is 9.47 Å². The van der Waals surface area contributed by atoms with Crippen LogP contribution in [-0.2, 0) is 14.3 Å². The van der Waals surface area contributed by atoms with Gasteiger partial charge in [0, 0.05) is 37.4 Å². The average Bonchev–Trinajstić information content (AvgIpc) is 3.03. The maximum Gasteiger partial charge on any atom is 0.314 e. The van der Waals surface area contributed by atoms with Crippen molar-refractivity contribution in [3.63, 3.8) is 0 Å². The van der Waals surface area contributed by atoms with Crippen molar-refractivity contribution in [2.24, 2.45) is 16.7 Å². The number of likely N-dealkylation sites (tertiary alicyclic amines) is 1. The molecule has 27 heavy (non-hydrogen) atoms. The van der Waals surface area contributed by atoms with Crippen molar-refractivity contribution in [2.75, 3.05) is 51.4 Å². The molecule has 3 fully saturated rings. The Bertz CT molecular complexity index is 756. The maximum absolute atomic E-state index is 13.2. The van der Waals surface area contributed by atoms with Gasteiger partial charge in [0.05, 0.1) is 25.7 Å². The van der Waals surface area contributed by atoms with E-state index in [1.807, 2.05) is 29.2 Å². The van der Waals surface area contributed by atoms with Crippen LogP contribution in [0.2, 0.25) is 0 Å². The summed E-state index contributed by atoms with van der Waals surface area (Å²) in [5.41, 5.74) is 1.25. The lowest BCUT2D eigenvalue weighted by molar-refractivity contribution is -0.174. The molecule has 2 heterocycles. The number of nitrogens with zero attached hydrogens (tertiary/aromatic N) is 2. The van der Waals surface area contributed by atoms with E-state index in [2.05, 4.69) is 18.7 Å². The predicted molar refractivity (Wildman–Crippen MR) is 102 cm³/mol. The number of carbonyl (C=O) groups excluding carboxylic acids is 2. The van der Waals surface area contributed by atoms with Gasteiger partial charge < -0.3 is 19.3 Å². The molecule has 0 unspecified atom stereocenters. The van der Waals surface area contributed by atoms with Crippen molar-refractivity contribution in [3.8, 4) is 0 Å². The number of rotatable bonds is 3. The normalized spacial score (nSPS) is 29.1. The Hall–Kier alpha value is -2.08. The van der Waals surface area contributed by atoms with E-state index in [9.17, 15) is 9.59 Å². The summed E-state index contributed by atoms with van der Waals surface area (Å²) in [6, 6.07) is 7.80. The van der Waals surface area contributed by atoms with Gasteiger partial charge in [0.15, 0.2) is 0 Å². The molecule has 1 amide bonds. The Labute approximate surface area is 160 Å². The van der Waals surface area contributed by atoms with Crippen molar-refractivity contribution >= 4 is 17.6 Å². The number of hydrogen-bond acceptors (Lipinski definition) is 5. The largest absolute Gasteiger partial charge is 0.469 e. The number of anilines is 1. The molecule has 1 aromatic rings. The molecule has 6 nitrogen and oxygen atoms in total. The van der Waals surface area contributed by atoms with Crippen LogP contribution in [0.25, 0.3) is 0 Å². The summed E-state index contributed by atoms with van der Waals surface area (Å²) in [4.78, 5) is 29.8. The van der Waals surface area contributed by atoms with E-state index in [-0.39, 0.29) is 23.2 Å². The lowest BCUT2D eigenvalue weighted by Gasteiger charge is -2.54. The van der Waals surface area contributed by atoms with Crippen LogP contribution in [-0.4, -0.2) is 63.3 Å². The molecule has 0 radical (unpaired) electrons. The highest BCUT2D eigenvalue weighted by Gasteiger charge is 2.68. The number of morpholine rings is 1. The quantitative estimate of drug-likeness (QED) is 0.761. The Kier molecular flexibility index (Phi) is 4.41. The molecule has 6 heteroatoms. The Morgan fingerprint density at radius 2 is 1.96 bits per heavy atom. The van der Waals surface area contributed by atoms with E-state index in [0.29, 0.717) is 31.9 Å². The monoisotopic (exact) mass is 372 g/mol. The predicted octanol–water partition coefficient (Wildman–Crippen LogP) is 2.18. The number of amides is 1. The third-order valence-corrected chi connectivity index (χ3v) is 6.61. The summed E-state index contributed by atoms with van der Waals surface area (Å²) < 4.78 is 10.5. The number of methoxy groups -OCH3 is 1. The van der Waals surface area contributed by atoms with E-state index < -0.39 is 5.41 Å². The summed E-state index contributed by atoms with van der Waals surface area (Å²) in [7, 11) is 1.44. The van der Waals surface area contributed by atoms with Gasteiger partial charge in [-0.1, -0.05) is 19.9 Å².